The number of aryl methyl sites for hydroxylation is 2. The van der Waals surface area contributed by atoms with Crippen LogP contribution in [0.1, 0.15) is 22.8 Å². The predicted molar refractivity (Wildman–Crippen MR) is 99.9 cm³/mol. The van der Waals surface area contributed by atoms with E-state index in [4.69, 9.17) is 0 Å². The van der Waals surface area contributed by atoms with Crippen molar-refractivity contribution >= 4 is 34.4 Å². The van der Waals surface area contributed by atoms with Crippen LogP contribution in [0.2, 0.25) is 0 Å². The average molecular weight is 350 g/mol. The number of fused-ring (bicyclic) bond motifs is 3. The van der Waals surface area contributed by atoms with Gasteiger partial charge in [-0.2, -0.15) is 10.2 Å². The number of carbonyl (C=O) groups excluding carboxylic acids is 1. The number of aromatic nitrogens is 2. The Morgan fingerprint density at radius 1 is 1.16 bits per heavy atom. The maximum atomic E-state index is 13.2. The highest BCUT2D eigenvalue weighted by Crippen LogP contribution is 2.36. The first-order valence-corrected chi connectivity index (χ1v) is 9.12. The van der Waals surface area contributed by atoms with Gasteiger partial charge in [-0.15, -0.1) is 0 Å². The molecule has 5 nitrogen and oxygen atoms in total. The molecule has 0 aliphatic carbocycles. The van der Waals surface area contributed by atoms with Crippen LogP contribution >= 0.6 is 11.8 Å². The lowest BCUT2D eigenvalue weighted by atomic mass is 10.0. The Balaban J connectivity index is 1.78. The van der Waals surface area contributed by atoms with E-state index in [0.29, 0.717) is 5.75 Å². The molecule has 0 radical (unpaired) electrons. The van der Waals surface area contributed by atoms with Crippen LogP contribution in [0.15, 0.2) is 57.8 Å². The lowest BCUT2D eigenvalue weighted by Crippen LogP contribution is -2.42. The Bertz CT molecular complexity index is 1010. The van der Waals surface area contributed by atoms with E-state index in [-0.39, 0.29) is 5.91 Å². The average Bonchev–Trinajstić information content (AvgIpc) is 2.96. The third kappa shape index (κ3) is 2.66. The monoisotopic (exact) mass is 350 g/mol. The molecule has 1 atom stereocenters. The first-order chi connectivity index (χ1) is 12.0. The van der Waals surface area contributed by atoms with Crippen LogP contribution in [0.4, 0.5) is 5.69 Å². The third-order valence-corrected chi connectivity index (χ3v) is 5.77. The molecule has 6 heteroatoms. The third-order valence-electron chi connectivity index (χ3n) is 4.53. The van der Waals surface area contributed by atoms with E-state index in [1.54, 1.807) is 16.3 Å². The van der Waals surface area contributed by atoms with Crippen LogP contribution < -0.4 is 0 Å². The Hall–Kier alpha value is -2.47. The normalized spacial score (nSPS) is 20.4. The van der Waals surface area contributed by atoms with Crippen LogP contribution in [-0.4, -0.2) is 26.8 Å². The summed E-state index contributed by atoms with van der Waals surface area (Å²) in [7, 11) is 0. The molecule has 1 aliphatic heterocycles. The SMILES string of the molecule is Cc1cc2nc3n(c2cc1C)C(=O)C(C)(N=Nc1ccccc1)CS3. The van der Waals surface area contributed by atoms with Gasteiger partial charge in [-0.3, -0.25) is 9.36 Å². The Labute approximate surface area is 150 Å². The second kappa shape index (κ2) is 5.81. The van der Waals surface area contributed by atoms with E-state index in [0.717, 1.165) is 27.4 Å². The highest BCUT2D eigenvalue weighted by atomic mass is 32.2. The zero-order valence-electron chi connectivity index (χ0n) is 14.4. The van der Waals surface area contributed by atoms with Crippen molar-refractivity contribution in [3.63, 3.8) is 0 Å². The van der Waals surface area contributed by atoms with Gasteiger partial charge in [0.1, 0.15) is 0 Å². The largest absolute Gasteiger partial charge is 0.271 e. The van der Waals surface area contributed by atoms with Gasteiger partial charge in [0, 0.05) is 5.75 Å². The number of hydrogen-bond acceptors (Lipinski definition) is 5. The van der Waals surface area contributed by atoms with Gasteiger partial charge in [0.2, 0.25) is 0 Å². The maximum Gasteiger partial charge on any atom is 0.263 e. The van der Waals surface area contributed by atoms with Gasteiger partial charge in [-0.25, -0.2) is 4.98 Å². The topological polar surface area (TPSA) is 59.6 Å². The Morgan fingerprint density at radius 3 is 2.64 bits per heavy atom. The molecule has 0 N–H and O–H groups in total. The molecule has 0 spiro atoms. The zero-order chi connectivity index (χ0) is 17.6. The molecule has 0 saturated carbocycles. The van der Waals surface area contributed by atoms with Gasteiger partial charge in [0.15, 0.2) is 10.7 Å². The Kier molecular flexibility index (Phi) is 3.72. The summed E-state index contributed by atoms with van der Waals surface area (Å²) in [5, 5.41) is 9.41. The van der Waals surface area contributed by atoms with Crippen molar-refractivity contribution in [2.75, 3.05) is 5.75 Å². The van der Waals surface area contributed by atoms with Gasteiger partial charge < -0.3 is 0 Å². The van der Waals surface area contributed by atoms with Crippen LogP contribution in [0.5, 0.6) is 0 Å². The van der Waals surface area contributed by atoms with Gasteiger partial charge >= 0.3 is 0 Å². The minimum Gasteiger partial charge on any atom is -0.271 e. The zero-order valence-corrected chi connectivity index (χ0v) is 15.2. The minimum atomic E-state index is -0.903. The number of thioether (sulfide) groups is 1. The summed E-state index contributed by atoms with van der Waals surface area (Å²) in [6.45, 7) is 5.94. The van der Waals surface area contributed by atoms with Crippen LogP contribution in [0, 0.1) is 13.8 Å². The van der Waals surface area contributed by atoms with E-state index in [1.807, 2.05) is 56.3 Å². The summed E-state index contributed by atoms with van der Waals surface area (Å²) in [6.07, 6.45) is 0. The molecule has 25 heavy (non-hydrogen) atoms. The fourth-order valence-electron chi connectivity index (χ4n) is 2.85. The molecule has 126 valence electrons. The van der Waals surface area contributed by atoms with Gasteiger partial charge in [0.05, 0.1) is 16.7 Å². The number of benzene rings is 2. The lowest BCUT2D eigenvalue weighted by molar-refractivity contribution is 0.0816. The molecule has 0 bridgehead atoms. The second-order valence-corrected chi connectivity index (χ2v) is 7.50. The van der Waals surface area contributed by atoms with Crippen LogP contribution in [0.25, 0.3) is 11.0 Å². The summed E-state index contributed by atoms with van der Waals surface area (Å²) >= 11 is 1.55. The van der Waals surface area contributed by atoms with Crippen molar-refractivity contribution in [3.8, 4) is 0 Å². The van der Waals surface area contributed by atoms with E-state index < -0.39 is 5.54 Å². The Morgan fingerprint density at radius 2 is 1.88 bits per heavy atom. The van der Waals surface area contributed by atoms with Gasteiger partial charge in [-0.1, -0.05) is 30.0 Å². The molecule has 0 fully saturated rings. The van der Waals surface area contributed by atoms with E-state index >= 15 is 0 Å². The number of carbonyl (C=O) groups is 1. The van der Waals surface area contributed by atoms with E-state index in [1.165, 1.54) is 5.56 Å². The van der Waals surface area contributed by atoms with Crippen molar-refractivity contribution in [2.45, 2.75) is 31.5 Å². The fraction of sp³-hybridized carbons (Fsp3) is 0.263. The summed E-state index contributed by atoms with van der Waals surface area (Å²) in [6, 6.07) is 13.5. The number of imidazole rings is 1. The van der Waals surface area contributed by atoms with E-state index in [2.05, 4.69) is 22.1 Å². The lowest BCUT2D eigenvalue weighted by Gasteiger charge is -2.27. The molecule has 0 amide bonds. The van der Waals surface area contributed by atoms with Crippen molar-refractivity contribution < 1.29 is 4.79 Å². The second-order valence-electron chi connectivity index (χ2n) is 6.56. The smallest absolute Gasteiger partial charge is 0.263 e. The molecule has 0 saturated heterocycles. The molecule has 1 aromatic heterocycles. The fourth-order valence-corrected chi connectivity index (χ4v) is 3.91. The van der Waals surface area contributed by atoms with Gasteiger partial charge in [-0.05, 0) is 56.2 Å². The van der Waals surface area contributed by atoms with Crippen molar-refractivity contribution in [2.24, 2.45) is 10.2 Å². The molecular weight excluding hydrogens is 332 g/mol. The number of hydrogen-bond donors (Lipinski definition) is 0. The summed E-state index contributed by atoms with van der Waals surface area (Å²) in [5.41, 5.74) is 3.85. The van der Waals surface area contributed by atoms with Crippen molar-refractivity contribution in [1.29, 1.82) is 0 Å². The molecule has 2 heterocycles. The number of nitrogens with zero attached hydrogens (tertiary/aromatic N) is 4. The summed E-state index contributed by atoms with van der Waals surface area (Å²) < 4.78 is 1.69. The summed E-state index contributed by atoms with van der Waals surface area (Å²) in [5.74, 6) is 0.454. The summed E-state index contributed by atoms with van der Waals surface area (Å²) in [4.78, 5) is 17.8. The van der Waals surface area contributed by atoms with Gasteiger partial charge in [0.25, 0.3) is 5.91 Å². The molecule has 4 rings (SSSR count). The van der Waals surface area contributed by atoms with Crippen molar-refractivity contribution in [1.82, 2.24) is 9.55 Å². The standard InChI is InChI=1S/C19H18N4OS/c1-12-9-15-16(10-13(12)2)23-17(24)19(3,11-25-18(23)20-15)22-21-14-7-5-4-6-8-14/h4-10H,11H2,1-3H3. The molecule has 2 aromatic carbocycles. The first kappa shape index (κ1) is 16.0. The first-order valence-electron chi connectivity index (χ1n) is 8.13. The number of rotatable bonds is 2. The molecule has 1 unspecified atom stereocenters. The van der Waals surface area contributed by atoms with Crippen LogP contribution in [0.3, 0.4) is 0 Å². The quantitative estimate of drug-likeness (QED) is 0.615. The van der Waals surface area contributed by atoms with Crippen LogP contribution in [-0.2, 0) is 0 Å². The highest BCUT2D eigenvalue weighted by Gasteiger charge is 2.41. The number of azo groups is 1. The minimum absolute atomic E-state index is 0.0771. The molecule has 3 aromatic rings. The highest BCUT2D eigenvalue weighted by molar-refractivity contribution is 7.99. The molecular formula is C19H18N4OS. The van der Waals surface area contributed by atoms with E-state index in [9.17, 15) is 4.79 Å². The maximum absolute atomic E-state index is 13.2. The predicted octanol–water partition coefficient (Wildman–Crippen LogP) is 4.94. The van der Waals surface area contributed by atoms with Crippen molar-refractivity contribution in [3.05, 3.63) is 53.6 Å². The molecule has 1 aliphatic rings.